The number of halogens is 1. The maximum atomic E-state index is 11.4. The van der Waals surface area contributed by atoms with Gasteiger partial charge in [0, 0.05) is 5.69 Å². The van der Waals surface area contributed by atoms with Crippen molar-refractivity contribution in [3.8, 4) is 11.3 Å². The molecule has 2 rings (SSSR count). The van der Waals surface area contributed by atoms with Crippen LogP contribution < -0.4 is 5.32 Å². The highest BCUT2D eigenvalue weighted by atomic mass is 35.5. The molecule has 0 aliphatic rings. The number of anilines is 1. The van der Waals surface area contributed by atoms with Crippen molar-refractivity contribution < 1.29 is 4.79 Å². The molecule has 5 heteroatoms. The molecular formula is C12H12ClN3O. The highest BCUT2D eigenvalue weighted by molar-refractivity contribution is 6.32. The number of imidazole rings is 1. The summed E-state index contributed by atoms with van der Waals surface area (Å²) < 4.78 is 0. The summed E-state index contributed by atoms with van der Waals surface area (Å²) in [5, 5.41) is 2.18. The van der Waals surface area contributed by atoms with Crippen LogP contribution in [0.15, 0.2) is 36.8 Å². The monoisotopic (exact) mass is 249 g/mol. The molecule has 0 aliphatic heterocycles. The van der Waals surface area contributed by atoms with Crippen LogP contribution in [0.3, 0.4) is 0 Å². The van der Waals surface area contributed by atoms with Crippen LogP contribution in [0.25, 0.3) is 11.3 Å². The van der Waals surface area contributed by atoms with Gasteiger partial charge in [-0.2, -0.15) is 0 Å². The van der Waals surface area contributed by atoms with Crippen LogP contribution in [0.1, 0.15) is 6.92 Å². The van der Waals surface area contributed by atoms with E-state index in [1.54, 1.807) is 19.4 Å². The van der Waals surface area contributed by atoms with Gasteiger partial charge in [0.25, 0.3) is 0 Å². The Morgan fingerprint density at radius 2 is 2.12 bits per heavy atom. The van der Waals surface area contributed by atoms with Gasteiger partial charge in [-0.1, -0.05) is 12.1 Å². The van der Waals surface area contributed by atoms with Gasteiger partial charge in [-0.3, -0.25) is 4.79 Å². The summed E-state index contributed by atoms with van der Waals surface area (Å²) in [6.07, 6.45) is 3.37. The van der Waals surface area contributed by atoms with Crippen LogP contribution in [0.2, 0.25) is 0 Å². The molecular weight excluding hydrogens is 238 g/mol. The SMILES string of the molecule is C[C@H](Cl)C(=O)Nc1ccc(-c2cnc[nH]2)cc1. The number of carbonyl (C=O) groups excluding carboxylic acids is 1. The number of nitrogens with zero attached hydrogens (tertiary/aromatic N) is 1. The van der Waals surface area contributed by atoms with Crippen molar-refractivity contribution in [2.24, 2.45) is 0 Å². The van der Waals surface area contributed by atoms with Crippen molar-refractivity contribution in [1.82, 2.24) is 9.97 Å². The maximum absolute atomic E-state index is 11.4. The number of amides is 1. The highest BCUT2D eigenvalue weighted by Gasteiger charge is 2.08. The highest BCUT2D eigenvalue weighted by Crippen LogP contribution is 2.18. The van der Waals surface area contributed by atoms with Crippen LogP contribution >= 0.6 is 11.6 Å². The first-order chi connectivity index (χ1) is 8.16. The number of carbonyl (C=O) groups is 1. The Labute approximate surface area is 104 Å². The predicted octanol–water partition coefficient (Wildman–Crippen LogP) is 2.64. The zero-order valence-corrected chi connectivity index (χ0v) is 10.0. The summed E-state index contributed by atoms with van der Waals surface area (Å²) in [5.41, 5.74) is 2.68. The summed E-state index contributed by atoms with van der Waals surface area (Å²) in [6.45, 7) is 1.63. The minimum atomic E-state index is -0.540. The summed E-state index contributed by atoms with van der Waals surface area (Å²) in [5.74, 6) is -0.207. The summed E-state index contributed by atoms with van der Waals surface area (Å²) in [4.78, 5) is 18.3. The molecule has 0 fully saturated rings. The lowest BCUT2D eigenvalue weighted by Crippen LogP contribution is -2.20. The van der Waals surface area contributed by atoms with Gasteiger partial charge in [0.05, 0.1) is 18.2 Å². The topological polar surface area (TPSA) is 57.8 Å². The normalized spacial score (nSPS) is 12.1. The summed E-state index contributed by atoms with van der Waals surface area (Å²) in [7, 11) is 0. The molecule has 0 spiro atoms. The molecule has 1 aromatic heterocycles. The van der Waals surface area contributed by atoms with Crippen molar-refractivity contribution in [3.63, 3.8) is 0 Å². The van der Waals surface area contributed by atoms with Crippen LogP contribution in [-0.4, -0.2) is 21.3 Å². The smallest absolute Gasteiger partial charge is 0.242 e. The second kappa shape index (κ2) is 5.01. The number of hydrogen-bond donors (Lipinski definition) is 2. The number of H-pyrrole nitrogens is 1. The van der Waals surface area contributed by atoms with E-state index in [4.69, 9.17) is 11.6 Å². The fourth-order valence-electron chi connectivity index (χ4n) is 1.39. The molecule has 1 aromatic carbocycles. The maximum Gasteiger partial charge on any atom is 0.242 e. The lowest BCUT2D eigenvalue weighted by molar-refractivity contribution is -0.115. The number of benzene rings is 1. The van der Waals surface area contributed by atoms with Crippen LogP contribution in [0, 0.1) is 0 Å². The quantitative estimate of drug-likeness (QED) is 0.822. The Morgan fingerprint density at radius 3 is 2.65 bits per heavy atom. The van der Waals surface area contributed by atoms with Crippen LogP contribution in [-0.2, 0) is 4.79 Å². The average Bonchev–Trinajstić information content (AvgIpc) is 2.83. The van der Waals surface area contributed by atoms with E-state index in [0.717, 1.165) is 16.9 Å². The summed E-state index contributed by atoms with van der Waals surface area (Å²) >= 11 is 5.67. The molecule has 0 aliphatic carbocycles. The largest absolute Gasteiger partial charge is 0.345 e. The first-order valence-electron chi connectivity index (χ1n) is 5.20. The van der Waals surface area contributed by atoms with E-state index >= 15 is 0 Å². The molecule has 0 radical (unpaired) electrons. The standard InChI is InChI=1S/C12H12ClN3O/c1-8(13)12(17)16-10-4-2-9(3-5-10)11-6-14-7-15-11/h2-8H,1H3,(H,14,15)(H,16,17)/t8-/m0/s1. The Kier molecular flexibility index (Phi) is 3.44. The zero-order valence-electron chi connectivity index (χ0n) is 9.27. The third kappa shape index (κ3) is 2.85. The molecule has 1 atom stereocenters. The van der Waals surface area contributed by atoms with E-state index in [9.17, 15) is 4.79 Å². The third-order valence-electron chi connectivity index (χ3n) is 2.32. The lowest BCUT2D eigenvalue weighted by atomic mass is 10.1. The fourth-order valence-corrected chi connectivity index (χ4v) is 1.44. The Morgan fingerprint density at radius 1 is 1.41 bits per heavy atom. The number of aromatic amines is 1. The summed E-state index contributed by atoms with van der Waals surface area (Å²) in [6, 6.07) is 7.46. The van der Waals surface area contributed by atoms with Crippen molar-refractivity contribution in [2.45, 2.75) is 12.3 Å². The Hall–Kier alpha value is -1.81. The van der Waals surface area contributed by atoms with Gasteiger partial charge in [-0.25, -0.2) is 4.98 Å². The van der Waals surface area contributed by atoms with Gasteiger partial charge >= 0.3 is 0 Å². The van der Waals surface area contributed by atoms with E-state index in [1.807, 2.05) is 24.3 Å². The second-order valence-corrected chi connectivity index (χ2v) is 4.30. The van der Waals surface area contributed by atoms with Crippen molar-refractivity contribution in [3.05, 3.63) is 36.8 Å². The Bertz CT molecular complexity index is 491. The van der Waals surface area contributed by atoms with Crippen molar-refractivity contribution in [1.29, 1.82) is 0 Å². The number of aromatic nitrogens is 2. The van der Waals surface area contributed by atoms with E-state index in [2.05, 4.69) is 15.3 Å². The molecule has 0 unspecified atom stereocenters. The van der Waals surface area contributed by atoms with Gasteiger partial charge in [0.2, 0.25) is 5.91 Å². The minimum absolute atomic E-state index is 0.207. The molecule has 17 heavy (non-hydrogen) atoms. The molecule has 2 aromatic rings. The first-order valence-corrected chi connectivity index (χ1v) is 5.64. The van der Waals surface area contributed by atoms with Crippen LogP contribution in [0.5, 0.6) is 0 Å². The third-order valence-corrected chi connectivity index (χ3v) is 2.52. The van der Waals surface area contributed by atoms with Gasteiger partial charge in [-0.15, -0.1) is 11.6 Å². The minimum Gasteiger partial charge on any atom is -0.345 e. The van der Waals surface area contributed by atoms with Gasteiger partial charge in [-0.05, 0) is 24.6 Å². The van der Waals surface area contributed by atoms with Gasteiger partial charge in [0.15, 0.2) is 0 Å². The second-order valence-electron chi connectivity index (χ2n) is 3.65. The number of rotatable bonds is 3. The lowest BCUT2D eigenvalue weighted by Gasteiger charge is -2.06. The molecule has 88 valence electrons. The van der Waals surface area contributed by atoms with Gasteiger partial charge in [0.1, 0.15) is 5.38 Å². The first kappa shape index (κ1) is 11.7. The molecule has 1 amide bonds. The van der Waals surface area contributed by atoms with Crippen molar-refractivity contribution in [2.75, 3.05) is 5.32 Å². The van der Waals surface area contributed by atoms with Crippen molar-refractivity contribution >= 4 is 23.2 Å². The molecule has 0 saturated heterocycles. The average molecular weight is 250 g/mol. The van der Waals surface area contributed by atoms with E-state index in [0.29, 0.717) is 0 Å². The fraction of sp³-hybridized carbons (Fsp3) is 0.167. The molecule has 0 bridgehead atoms. The Balaban J connectivity index is 2.11. The number of alkyl halides is 1. The van der Waals surface area contributed by atoms with Gasteiger partial charge < -0.3 is 10.3 Å². The number of hydrogen-bond acceptors (Lipinski definition) is 2. The van der Waals surface area contributed by atoms with E-state index in [-0.39, 0.29) is 5.91 Å². The molecule has 1 heterocycles. The zero-order chi connectivity index (χ0) is 12.3. The predicted molar refractivity (Wildman–Crippen MR) is 68.0 cm³/mol. The van der Waals surface area contributed by atoms with E-state index < -0.39 is 5.38 Å². The molecule has 0 saturated carbocycles. The number of nitrogens with one attached hydrogen (secondary N) is 2. The molecule has 2 N–H and O–H groups in total. The van der Waals surface area contributed by atoms with Crippen LogP contribution in [0.4, 0.5) is 5.69 Å². The molecule has 4 nitrogen and oxygen atoms in total. The van der Waals surface area contributed by atoms with E-state index in [1.165, 1.54) is 0 Å².